The van der Waals surface area contributed by atoms with Gasteiger partial charge in [0.1, 0.15) is 0 Å². The number of ether oxygens (including phenoxy) is 4. The summed E-state index contributed by atoms with van der Waals surface area (Å²) in [5.74, 6) is 0.621. The molecule has 1 saturated heterocycles. The molecule has 1 aliphatic rings. The second-order valence-electron chi connectivity index (χ2n) is 4.62. The molecule has 1 N–H and O–H groups in total. The molecular weight excluding hydrogens is 246 g/mol. The van der Waals surface area contributed by atoms with E-state index in [4.69, 9.17) is 18.9 Å². The van der Waals surface area contributed by atoms with Gasteiger partial charge >= 0.3 is 0 Å². The van der Waals surface area contributed by atoms with Crippen LogP contribution < -0.4 is 14.8 Å². The van der Waals surface area contributed by atoms with Crippen LogP contribution in [0.5, 0.6) is 11.5 Å². The first-order valence-corrected chi connectivity index (χ1v) is 6.30. The van der Waals surface area contributed by atoms with E-state index in [2.05, 4.69) is 5.32 Å². The van der Waals surface area contributed by atoms with E-state index in [1.54, 1.807) is 14.2 Å². The molecule has 1 fully saturated rings. The Balaban J connectivity index is 2.21. The highest BCUT2D eigenvalue weighted by Gasteiger charge is 2.35. The lowest BCUT2D eigenvalue weighted by Crippen LogP contribution is -2.47. The van der Waals surface area contributed by atoms with Crippen LogP contribution in [0.3, 0.4) is 0 Å². The summed E-state index contributed by atoms with van der Waals surface area (Å²) in [5, 5.41) is 3.14. The van der Waals surface area contributed by atoms with E-state index >= 15 is 0 Å². The van der Waals surface area contributed by atoms with Crippen LogP contribution >= 0.6 is 0 Å². The Labute approximate surface area is 113 Å². The molecule has 1 aromatic carbocycles. The Kier molecular flexibility index (Phi) is 4.29. The van der Waals surface area contributed by atoms with Gasteiger partial charge in [0.15, 0.2) is 17.3 Å². The average molecular weight is 267 g/mol. The normalized spacial score (nSPS) is 27.1. The van der Waals surface area contributed by atoms with Crippen molar-refractivity contribution < 1.29 is 18.9 Å². The monoisotopic (exact) mass is 267 g/mol. The predicted octanol–water partition coefficient (Wildman–Crippen LogP) is 1.51. The van der Waals surface area contributed by atoms with Crippen molar-refractivity contribution in [3.8, 4) is 11.5 Å². The quantitative estimate of drug-likeness (QED) is 0.896. The first-order chi connectivity index (χ1) is 9.12. The minimum Gasteiger partial charge on any atom is -0.493 e. The number of rotatable bonds is 4. The number of hydrogen-bond donors (Lipinski definition) is 1. The third kappa shape index (κ3) is 2.83. The molecule has 0 saturated carbocycles. The van der Waals surface area contributed by atoms with Crippen LogP contribution in [0.1, 0.15) is 12.5 Å². The summed E-state index contributed by atoms with van der Waals surface area (Å²) in [4.78, 5) is 0. The molecule has 0 aromatic heterocycles. The molecule has 0 spiro atoms. The van der Waals surface area contributed by atoms with Gasteiger partial charge in [-0.2, -0.15) is 0 Å². The molecule has 0 aliphatic carbocycles. The molecule has 5 nitrogen and oxygen atoms in total. The highest BCUT2D eigenvalue weighted by Crippen LogP contribution is 2.36. The van der Waals surface area contributed by atoms with Gasteiger partial charge in [-0.1, -0.05) is 0 Å². The van der Waals surface area contributed by atoms with Crippen LogP contribution in [0, 0.1) is 0 Å². The van der Waals surface area contributed by atoms with Gasteiger partial charge in [-0.25, -0.2) is 0 Å². The Morgan fingerprint density at radius 3 is 2.32 bits per heavy atom. The van der Waals surface area contributed by atoms with Gasteiger partial charge in [0.25, 0.3) is 0 Å². The zero-order chi connectivity index (χ0) is 13.9. The summed E-state index contributed by atoms with van der Waals surface area (Å²) in [6, 6.07) is 5.91. The van der Waals surface area contributed by atoms with Crippen molar-refractivity contribution in [1.82, 2.24) is 5.32 Å². The van der Waals surface area contributed by atoms with Crippen molar-refractivity contribution in [3.05, 3.63) is 23.8 Å². The molecule has 19 heavy (non-hydrogen) atoms. The fourth-order valence-electron chi connectivity index (χ4n) is 2.06. The summed E-state index contributed by atoms with van der Waals surface area (Å²) >= 11 is 0. The predicted molar refractivity (Wildman–Crippen MR) is 71.6 cm³/mol. The SMILES string of the molecule is CNC1COC(C)(c2ccc(OC)c(OC)c2)OC1. The molecule has 0 amide bonds. The van der Waals surface area contributed by atoms with Crippen LogP contribution in [0.15, 0.2) is 18.2 Å². The molecule has 0 atom stereocenters. The molecule has 0 unspecified atom stereocenters. The summed E-state index contributed by atoms with van der Waals surface area (Å²) in [5.41, 5.74) is 0.916. The van der Waals surface area contributed by atoms with E-state index in [9.17, 15) is 0 Å². The number of benzene rings is 1. The Bertz CT molecular complexity index is 427. The largest absolute Gasteiger partial charge is 0.493 e. The van der Waals surface area contributed by atoms with E-state index in [-0.39, 0.29) is 6.04 Å². The van der Waals surface area contributed by atoms with Crippen LogP contribution in [-0.4, -0.2) is 40.5 Å². The lowest BCUT2D eigenvalue weighted by atomic mass is 10.1. The van der Waals surface area contributed by atoms with Crippen molar-refractivity contribution in [2.45, 2.75) is 18.8 Å². The lowest BCUT2D eigenvalue weighted by molar-refractivity contribution is -0.272. The molecule has 0 bridgehead atoms. The number of likely N-dealkylation sites (N-methyl/N-ethyl adjacent to an activating group) is 1. The Hall–Kier alpha value is -1.30. The van der Waals surface area contributed by atoms with E-state index in [0.717, 1.165) is 5.56 Å². The Morgan fingerprint density at radius 1 is 1.16 bits per heavy atom. The smallest absolute Gasteiger partial charge is 0.192 e. The van der Waals surface area contributed by atoms with E-state index in [0.29, 0.717) is 24.7 Å². The van der Waals surface area contributed by atoms with Crippen molar-refractivity contribution >= 4 is 0 Å². The topological polar surface area (TPSA) is 49.0 Å². The first-order valence-electron chi connectivity index (χ1n) is 6.30. The second-order valence-corrected chi connectivity index (χ2v) is 4.62. The highest BCUT2D eigenvalue weighted by atomic mass is 16.7. The van der Waals surface area contributed by atoms with Gasteiger partial charge in [-0.05, 0) is 32.2 Å². The fraction of sp³-hybridized carbons (Fsp3) is 0.571. The van der Waals surface area contributed by atoms with Crippen LogP contribution in [-0.2, 0) is 15.3 Å². The number of hydrogen-bond acceptors (Lipinski definition) is 5. The van der Waals surface area contributed by atoms with Crippen molar-refractivity contribution in [3.63, 3.8) is 0 Å². The maximum atomic E-state index is 5.85. The lowest BCUT2D eigenvalue weighted by Gasteiger charge is -2.38. The molecule has 1 aliphatic heterocycles. The summed E-state index contributed by atoms with van der Waals surface area (Å²) < 4.78 is 22.2. The zero-order valence-electron chi connectivity index (χ0n) is 11.9. The average Bonchev–Trinajstić information content (AvgIpc) is 2.47. The maximum Gasteiger partial charge on any atom is 0.192 e. The minimum atomic E-state index is -0.743. The molecule has 1 aromatic rings. The van der Waals surface area contributed by atoms with Crippen molar-refractivity contribution in [2.75, 3.05) is 34.5 Å². The summed E-state index contributed by atoms with van der Waals surface area (Å²) in [7, 11) is 5.13. The van der Waals surface area contributed by atoms with E-state index in [1.807, 2.05) is 32.2 Å². The van der Waals surface area contributed by atoms with Gasteiger partial charge in [-0.3, -0.25) is 0 Å². The fourth-order valence-corrected chi connectivity index (χ4v) is 2.06. The van der Waals surface area contributed by atoms with Gasteiger partial charge in [0.2, 0.25) is 0 Å². The summed E-state index contributed by atoms with van der Waals surface area (Å²) in [6.45, 7) is 3.14. The van der Waals surface area contributed by atoms with Gasteiger partial charge in [0.05, 0.1) is 33.5 Å². The van der Waals surface area contributed by atoms with Crippen LogP contribution in [0.25, 0.3) is 0 Å². The second kappa shape index (κ2) is 5.77. The minimum absolute atomic E-state index is 0.230. The Morgan fingerprint density at radius 2 is 1.79 bits per heavy atom. The molecule has 1 heterocycles. The van der Waals surface area contributed by atoms with Crippen molar-refractivity contribution in [1.29, 1.82) is 0 Å². The number of nitrogens with one attached hydrogen (secondary N) is 1. The van der Waals surface area contributed by atoms with E-state index in [1.165, 1.54) is 0 Å². The standard InChI is InChI=1S/C14H21NO4/c1-14(18-8-11(15-2)9-19-14)10-5-6-12(16-3)13(7-10)17-4/h5-7,11,15H,8-9H2,1-4H3. The highest BCUT2D eigenvalue weighted by molar-refractivity contribution is 5.44. The van der Waals surface area contributed by atoms with Crippen LogP contribution in [0.2, 0.25) is 0 Å². The third-order valence-corrected chi connectivity index (χ3v) is 3.44. The van der Waals surface area contributed by atoms with Crippen molar-refractivity contribution in [2.24, 2.45) is 0 Å². The van der Waals surface area contributed by atoms with Gasteiger partial charge in [0, 0.05) is 5.56 Å². The van der Waals surface area contributed by atoms with Gasteiger partial charge in [-0.15, -0.1) is 0 Å². The van der Waals surface area contributed by atoms with E-state index < -0.39 is 5.79 Å². The molecule has 106 valence electrons. The van der Waals surface area contributed by atoms with Gasteiger partial charge < -0.3 is 24.3 Å². The summed E-state index contributed by atoms with van der Waals surface area (Å²) in [6.07, 6.45) is 0. The molecular formula is C14H21NO4. The third-order valence-electron chi connectivity index (χ3n) is 3.44. The first kappa shape index (κ1) is 14.1. The maximum absolute atomic E-state index is 5.85. The zero-order valence-corrected chi connectivity index (χ0v) is 11.9. The molecule has 2 rings (SSSR count). The molecule has 5 heteroatoms. The number of methoxy groups -OCH3 is 2. The molecule has 0 radical (unpaired) electrons. The van der Waals surface area contributed by atoms with Crippen LogP contribution in [0.4, 0.5) is 0 Å².